The molecule has 1 heterocycles. The monoisotopic (exact) mass is 435 g/mol. The van der Waals surface area contributed by atoms with Gasteiger partial charge in [0.2, 0.25) is 0 Å². The van der Waals surface area contributed by atoms with Crippen molar-refractivity contribution in [1.82, 2.24) is 4.90 Å². The van der Waals surface area contributed by atoms with Crippen molar-refractivity contribution >= 4 is 5.91 Å². The fourth-order valence-electron chi connectivity index (χ4n) is 3.73. The first kappa shape index (κ1) is 24.9. The van der Waals surface area contributed by atoms with E-state index in [0.717, 1.165) is 42.6 Å². The third kappa shape index (κ3) is 6.81. The highest BCUT2D eigenvalue weighted by atomic mass is 19.3. The summed E-state index contributed by atoms with van der Waals surface area (Å²) in [5, 5.41) is 21.4. The van der Waals surface area contributed by atoms with Gasteiger partial charge in [-0.3, -0.25) is 4.79 Å². The molecule has 0 spiro atoms. The average molecular weight is 436 g/mol. The Hall–Kier alpha value is -2.37. The van der Waals surface area contributed by atoms with E-state index in [1.54, 1.807) is 0 Å². The number of aryl methyl sites for hydroxylation is 1. The average Bonchev–Trinajstić information content (AvgIpc) is 2.65. The van der Waals surface area contributed by atoms with Gasteiger partial charge in [-0.1, -0.05) is 43.1 Å². The number of unbranched alkanes of at least 4 members (excludes halogenated alkanes) is 2. The Balaban J connectivity index is 2.30. The fraction of sp³-hybridized carbons (Fsp3) is 0.560. The molecule has 1 aromatic carbocycles. The minimum Gasteiger partial charge on any atom is -0.508 e. The van der Waals surface area contributed by atoms with Crippen molar-refractivity contribution in [2.75, 3.05) is 13.1 Å². The molecule has 31 heavy (non-hydrogen) atoms. The Morgan fingerprint density at radius 3 is 2.42 bits per heavy atom. The summed E-state index contributed by atoms with van der Waals surface area (Å²) in [6, 6.07) is 1.52. The molecule has 6 heteroatoms. The highest BCUT2D eigenvalue weighted by Crippen LogP contribution is 2.38. The number of hydrogen-bond donors (Lipinski definition) is 2. The number of phenolic OH excluding ortho intramolecular Hbond substituents is 2. The second-order valence-electron chi connectivity index (χ2n) is 8.81. The molecule has 1 fully saturated rings. The molecule has 1 aliphatic rings. The molecule has 4 nitrogen and oxygen atoms in total. The van der Waals surface area contributed by atoms with Gasteiger partial charge in [0.1, 0.15) is 11.5 Å². The van der Waals surface area contributed by atoms with E-state index in [4.69, 9.17) is 0 Å². The van der Waals surface area contributed by atoms with Gasteiger partial charge in [0.15, 0.2) is 0 Å². The molecule has 1 aromatic rings. The molecule has 2 rings (SSSR count). The standard InChI is InChI=1S/C25H35F2NO3/c1-5-6-7-11-19-14-21(29)20(13-12-18(4)10-8-9-17(2)3)23(30)22(19)24(31)28-15-25(26,27)16-28/h9,12,14,29-30H,5-8,10-11,13,15-16H2,1-4H3. The van der Waals surface area contributed by atoms with Gasteiger partial charge in [-0.2, -0.15) is 0 Å². The zero-order valence-corrected chi connectivity index (χ0v) is 19.1. The normalized spacial score (nSPS) is 15.5. The van der Waals surface area contributed by atoms with E-state index in [2.05, 4.69) is 13.0 Å². The van der Waals surface area contributed by atoms with Gasteiger partial charge in [-0.15, -0.1) is 0 Å². The zero-order valence-electron chi connectivity index (χ0n) is 19.1. The van der Waals surface area contributed by atoms with Crippen LogP contribution in [0.5, 0.6) is 11.5 Å². The minimum atomic E-state index is -2.88. The van der Waals surface area contributed by atoms with Crippen LogP contribution in [0.2, 0.25) is 0 Å². The van der Waals surface area contributed by atoms with Crippen LogP contribution >= 0.6 is 0 Å². The number of benzene rings is 1. The minimum absolute atomic E-state index is 0.0509. The maximum Gasteiger partial charge on any atom is 0.282 e. The summed E-state index contributed by atoms with van der Waals surface area (Å²) in [6.07, 6.45) is 9.31. The van der Waals surface area contributed by atoms with Crippen molar-refractivity contribution in [2.45, 2.75) is 78.6 Å². The van der Waals surface area contributed by atoms with Gasteiger partial charge in [-0.05, 0) is 64.5 Å². The first-order valence-corrected chi connectivity index (χ1v) is 11.1. The Morgan fingerprint density at radius 2 is 1.84 bits per heavy atom. The van der Waals surface area contributed by atoms with E-state index in [1.807, 2.05) is 26.8 Å². The molecular weight excluding hydrogens is 400 g/mol. The Labute approximate surface area is 184 Å². The number of carbonyl (C=O) groups excluding carboxylic acids is 1. The third-order valence-electron chi connectivity index (χ3n) is 5.60. The highest BCUT2D eigenvalue weighted by molar-refractivity contribution is 5.99. The van der Waals surface area contributed by atoms with Gasteiger partial charge >= 0.3 is 0 Å². The van der Waals surface area contributed by atoms with Crippen molar-refractivity contribution < 1.29 is 23.8 Å². The Bertz CT molecular complexity index is 847. The van der Waals surface area contributed by atoms with Crippen LogP contribution in [0.15, 0.2) is 29.4 Å². The van der Waals surface area contributed by atoms with Crippen LogP contribution in [-0.2, 0) is 12.8 Å². The number of hydrogen-bond acceptors (Lipinski definition) is 3. The van der Waals surface area contributed by atoms with Crippen molar-refractivity contribution in [3.8, 4) is 11.5 Å². The second-order valence-corrected chi connectivity index (χ2v) is 8.81. The molecule has 0 bridgehead atoms. The van der Waals surface area contributed by atoms with E-state index in [-0.39, 0.29) is 29.0 Å². The lowest BCUT2D eigenvalue weighted by atomic mass is 9.93. The maximum absolute atomic E-state index is 13.3. The largest absolute Gasteiger partial charge is 0.508 e. The van der Waals surface area contributed by atoms with E-state index >= 15 is 0 Å². The van der Waals surface area contributed by atoms with Crippen molar-refractivity contribution in [3.63, 3.8) is 0 Å². The number of rotatable bonds is 10. The van der Waals surface area contributed by atoms with E-state index in [9.17, 15) is 23.8 Å². The van der Waals surface area contributed by atoms with Crippen molar-refractivity contribution in [3.05, 3.63) is 46.1 Å². The molecule has 0 aliphatic carbocycles. The zero-order chi connectivity index (χ0) is 23.2. The summed E-state index contributed by atoms with van der Waals surface area (Å²) in [4.78, 5) is 14.0. The van der Waals surface area contributed by atoms with Crippen LogP contribution in [0, 0.1) is 0 Å². The highest BCUT2D eigenvalue weighted by Gasteiger charge is 2.47. The number of amides is 1. The smallest absolute Gasteiger partial charge is 0.282 e. The number of phenols is 2. The maximum atomic E-state index is 13.3. The van der Waals surface area contributed by atoms with Crippen LogP contribution < -0.4 is 0 Å². The lowest BCUT2D eigenvalue weighted by Gasteiger charge is -2.39. The van der Waals surface area contributed by atoms with Crippen LogP contribution in [-0.4, -0.2) is 40.0 Å². The van der Waals surface area contributed by atoms with Crippen LogP contribution in [0.3, 0.4) is 0 Å². The molecule has 1 aliphatic heterocycles. The lowest BCUT2D eigenvalue weighted by Crippen LogP contribution is -2.58. The lowest BCUT2D eigenvalue weighted by molar-refractivity contribution is -0.113. The number of carbonyl (C=O) groups is 1. The number of alkyl halides is 2. The molecular formula is C25H35F2NO3. The Kier molecular flexibility index (Phi) is 8.66. The van der Waals surface area contributed by atoms with E-state index in [0.29, 0.717) is 12.0 Å². The predicted molar refractivity (Wildman–Crippen MR) is 120 cm³/mol. The fourth-order valence-corrected chi connectivity index (χ4v) is 3.73. The summed E-state index contributed by atoms with van der Waals surface area (Å²) >= 11 is 0. The Morgan fingerprint density at radius 1 is 1.16 bits per heavy atom. The van der Waals surface area contributed by atoms with Crippen LogP contribution in [0.1, 0.15) is 81.3 Å². The topological polar surface area (TPSA) is 60.8 Å². The number of nitrogens with zero attached hydrogens (tertiary/aromatic N) is 1. The molecule has 0 atom stereocenters. The molecule has 0 radical (unpaired) electrons. The van der Waals surface area contributed by atoms with Crippen molar-refractivity contribution in [2.24, 2.45) is 0 Å². The van der Waals surface area contributed by atoms with Gasteiger partial charge in [0, 0.05) is 5.56 Å². The van der Waals surface area contributed by atoms with Gasteiger partial charge in [0.05, 0.1) is 18.7 Å². The number of likely N-dealkylation sites (tertiary alicyclic amines) is 1. The first-order chi connectivity index (χ1) is 14.6. The molecule has 172 valence electrons. The molecule has 0 unspecified atom stereocenters. The molecule has 0 saturated carbocycles. The number of halogens is 2. The van der Waals surface area contributed by atoms with Gasteiger partial charge in [-0.25, -0.2) is 8.78 Å². The molecule has 1 saturated heterocycles. The number of aromatic hydroxyl groups is 2. The van der Waals surface area contributed by atoms with Gasteiger partial charge < -0.3 is 15.1 Å². The number of allylic oxidation sites excluding steroid dienone is 4. The van der Waals surface area contributed by atoms with Crippen LogP contribution in [0.25, 0.3) is 0 Å². The summed E-state index contributed by atoms with van der Waals surface area (Å²) in [5.41, 5.74) is 3.18. The SMILES string of the molecule is CCCCCc1cc(O)c(CC=C(C)CCC=C(C)C)c(O)c1C(=O)N1CC(F)(F)C1. The predicted octanol–water partition coefficient (Wildman–Crippen LogP) is 6.16. The van der Waals surface area contributed by atoms with Crippen LogP contribution in [0.4, 0.5) is 8.78 Å². The third-order valence-corrected chi connectivity index (χ3v) is 5.60. The quantitative estimate of drug-likeness (QED) is 0.342. The summed E-state index contributed by atoms with van der Waals surface area (Å²) in [5.74, 6) is -3.83. The summed E-state index contributed by atoms with van der Waals surface area (Å²) in [6.45, 7) is 6.85. The van der Waals surface area contributed by atoms with E-state index < -0.39 is 24.9 Å². The van der Waals surface area contributed by atoms with Gasteiger partial charge in [0.25, 0.3) is 11.8 Å². The second kappa shape index (κ2) is 10.8. The first-order valence-electron chi connectivity index (χ1n) is 11.1. The summed E-state index contributed by atoms with van der Waals surface area (Å²) < 4.78 is 26.6. The van der Waals surface area contributed by atoms with Crippen molar-refractivity contribution in [1.29, 1.82) is 0 Å². The van der Waals surface area contributed by atoms with E-state index in [1.165, 1.54) is 11.6 Å². The molecule has 2 N–H and O–H groups in total. The molecule has 1 amide bonds. The molecule has 0 aromatic heterocycles. The summed E-state index contributed by atoms with van der Waals surface area (Å²) in [7, 11) is 0.